The fraction of sp³-hybridized carbons (Fsp3) is 0.190. The maximum Gasteiger partial charge on any atom is 0.349 e. The second-order valence-electron chi connectivity index (χ2n) is 6.34. The van der Waals surface area contributed by atoms with E-state index in [1.165, 1.54) is 6.08 Å². The molecule has 0 saturated carbocycles. The van der Waals surface area contributed by atoms with Gasteiger partial charge in [0.25, 0.3) is 5.91 Å². The van der Waals surface area contributed by atoms with Gasteiger partial charge in [0.05, 0.1) is 5.69 Å². The van der Waals surface area contributed by atoms with Crippen LogP contribution in [0.4, 0.5) is 18.9 Å². The van der Waals surface area contributed by atoms with Crippen molar-refractivity contribution < 1.29 is 27.5 Å². The summed E-state index contributed by atoms with van der Waals surface area (Å²) in [4.78, 5) is 23.8. The van der Waals surface area contributed by atoms with Crippen LogP contribution < -0.4 is 5.32 Å². The summed E-state index contributed by atoms with van der Waals surface area (Å²) < 4.78 is 44.3. The highest BCUT2D eigenvalue weighted by molar-refractivity contribution is 6.00. The first-order valence-corrected chi connectivity index (χ1v) is 8.55. The maximum atomic E-state index is 13.5. The highest BCUT2D eigenvalue weighted by Gasteiger charge is 2.17. The predicted molar refractivity (Wildman–Crippen MR) is 100 cm³/mol. The van der Waals surface area contributed by atoms with Gasteiger partial charge in [-0.25, -0.2) is 18.0 Å². The Labute approximate surface area is 165 Å². The van der Waals surface area contributed by atoms with Crippen molar-refractivity contribution in [1.29, 1.82) is 5.26 Å². The van der Waals surface area contributed by atoms with Crippen molar-refractivity contribution in [2.75, 3.05) is 11.9 Å². The Bertz CT molecular complexity index is 993. The molecular weight excluding hydrogens is 385 g/mol. The minimum atomic E-state index is -1.74. The Balaban J connectivity index is 2.00. The first-order valence-electron chi connectivity index (χ1n) is 8.55. The summed E-state index contributed by atoms with van der Waals surface area (Å²) in [6.45, 7) is 3.21. The largest absolute Gasteiger partial charge is 0.451 e. The van der Waals surface area contributed by atoms with Crippen LogP contribution >= 0.6 is 0 Å². The van der Waals surface area contributed by atoms with Crippen molar-refractivity contribution in [3.63, 3.8) is 0 Å². The van der Waals surface area contributed by atoms with Gasteiger partial charge in [-0.1, -0.05) is 38.1 Å². The van der Waals surface area contributed by atoms with Crippen LogP contribution in [0.1, 0.15) is 30.9 Å². The molecule has 0 heterocycles. The van der Waals surface area contributed by atoms with E-state index in [0.717, 1.165) is 11.6 Å². The number of halogens is 3. The van der Waals surface area contributed by atoms with Gasteiger partial charge in [-0.05, 0) is 35.3 Å². The minimum Gasteiger partial charge on any atom is -0.451 e. The number of rotatable bonds is 6. The zero-order chi connectivity index (χ0) is 21.6. The van der Waals surface area contributed by atoms with Gasteiger partial charge in [-0.2, -0.15) is 5.26 Å². The molecule has 2 aromatic rings. The van der Waals surface area contributed by atoms with Gasteiger partial charge in [0, 0.05) is 0 Å². The molecule has 0 fully saturated rings. The highest BCUT2D eigenvalue weighted by Crippen LogP contribution is 2.20. The summed E-state index contributed by atoms with van der Waals surface area (Å²) in [5.41, 5.74) is 0.737. The molecule has 0 aliphatic rings. The van der Waals surface area contributed by atoms with Crippen molar-refractivity contribution in [2.45, 2.75) is 19.8 Å². The topological polar surface area (TPSA) is 79.2 Å². The summed E-state index contributed by atoms with van der Waals surface area (Å²) in [6.07, 6.45) is 1.30. The molecule has 8 heteroatoms. The second-order valence-corrected chi connectivity index (χ2v) is 6.34. The molecule has 150 valence electrons. The number of ether oxygens (including phenoxy) is 1. The molecule has 1 amide bonds. The van der Waals surface area contributed by atoms with Crippen LogP contribution in [0, 0.1) is 28.8 Å². The van der Waals surface area contributed by atoms with Gasteiger partial charge in [-0.15, -0.1) is 0 Å². The van der Waals surface area contributed by atoms with Crippen molar-refractivity contribution in [1.82, 2.24) is 0 Å². The molecule has 0 bridgehead atoms. The number of nitriles is 1. The van der Waals surface area contributed by atoms with Crippen molar-refractivity contribution in [2.24, 2.45) is 0 Å². The molecule has 0 spiro atoms. The van der Waals surface area contributed by atoms with Crippen LogP contribution in [0.25, 0.3) is 6.08 Å². The van der Waals surface area contributed by atoms with Crippen molar-refractivity contribution in [3.8, 4) is 6.07 Å². The molecule has 0 unspecified atom stereocenters. The van der Waals surface area contributed by atoms with Gasteiger partial charge >= 0.3 is 5.97 Å². The van der Waals surface area contributed by atoms with Crippen LogP contribution in [-0.4, -0.2) is 18.5 Å². The normalized spacial score (nSPS) is 11.1. The maximum absolute atomic E-state index is 13.5. The van der Waals surface area contributed by atoms with E-state index in [4.69, 9.17) is 10.00 Å². The Morgan fingerprint density at radius 3 is 2.34 bits per heavy atom. The molecule has 0 atom stereocenters. The smallest absolute Gasteiger partial charge is 0.349 e. The van der Waals surface area contributed by atoms with Crippen LogP contribution in [0.2, 0.25) is 0 Å². The number of hydrogen-bond acceptors (Lipinski definition) is 4. The quantitative estimate of drug-likeness (QED) is 0.338. The zero-order valence-electron chi connectivity index (χ0n) is 15.6. The SMILES string of the molecule is CC(C)c1ccc(/C=C(\C#N)C(=O)OCC(=O)Nc2ccc(F)c(F)c2F)cc1. The third-order valence-electron chi connectivity index (χ3n) is 3.90. The van der Waals surface area contributed by atoms with Crippen molar-refractivity contribution in [3.05, 3.63) is 70.5 Å². The second kappa shape index (κ2) is 9.55. The minimum absolute atomic E-state index is 0.325. The van der Waals surface area contributed by atoms with Crippen LogP contribution in [0.5, 0.6) is 0 Å². The van der Waals surface area contributed by atoms with E-state index >= 15 is 0 Å². The fourth-order valence-electron chi connectivity index (χ4n) is 2.30. The van der Waals surface area contributed by atoms with E-state index in [-0.39, 0.29) is 5.57 Å². The number of hydrogen-bond donors (Lipinski definition) is 1. The van der Waals surface area contributed by atoms with Crippen LogP contribution in [-0.2, 0) is 14.3 Å². The van der Waals surface area contributed by atoms with Crippen molar-refractivity contribution >= 4 is 23.6 Å². The summed E-state index contributed by atoms with van der Waals surface area (Å²) in [7, 11) is 0. The number of amides is 1. The molecule has 0 radical (unpaired) electrons. The number of benzene rings is 2. The Kier molecular flexibility index (Phi) is 7.15. The average Bonchev–Trinajstić information content (AvgIpc) is 2.71. The summed E-state index contributed by atoms with van der Waals surface area (Å²) in [5, 5.41) is 11.1. The molecule has 2 aromatic carbocycles. The first kappa shape index (κ1) is 21.7. The Morgan fingerprint density at radius 1 is 1.10 bits per heavy atom. The fourth-order valence-corrected chi connectivity index (χ4v) is 2.30. The molecule has 5 nitrogen and oxygen atoms in total. The lowest BCUT2D eigenvalue weighted by atomic mass is 10.0. The standard InChI is InChI=1S/C21H17F3N2O3/c1-12(2)14-5-3-13(4-6-14)9-15(10-25)21(28)29-11-18(27)26-17-8-7-16(22)19(23)20(17)24/h3-9,12H,11H2,1-2H3,(H,26,27)/b15-9+. The van der Waals surface area contributed by atoms with E-state index in [2.05, 4.69) is 0 Å². The number of esters is 1. The number of nitrogens with zero attached hydrogens (tertiary/aromatic N) is 1. The summed E-state index contributed by atoms with van der Waals surface area (Å²) >= 11 is 0. The molecule has 2 rings (SSSR count). The molecule has 0 saturated heterocycles. The third-order valence-corrected chi connectivity index (χ3v) is 3.90. The van der Waals surface area contributed by atoms with Crippen LogP contribution in [0.3, 0.4) is 0 Å². The zero-order valence-corrected chi connectivity index (χ0v) is 15.6. The van der Waals surface area contributed by atoms with Gasteiger partial charge in [0.15, 0.2) is 24.1 Å². The lowest BCUT2D eigenvalue weighted by Gasteiger charge is -2.08. The van der Waals surface area contributed by atoms with Crippen LogP contribution in [0.15, 0.2) is 42.0 Å². The predicted octanol–water partition coefficient (Wildman–Crippen LogP) is 4.32. The van der Waals surface area contributed by atoms with E-state index in [0.29, 0.717) is 17.5 Å². The molecule has 0 aromatic heterocycles. The molecule has 0 aliphatic carbocycles. The molecule has 29 heavy (non-hydrogen) atoms. The lowest BCUT2D eigenvalue weighted by Crippen LogP contribution is -2.22. The molecule has 0 aliphatic heterocycles. The lowest BCUT2D eigenvalue weighted by molar-refractivity contribution is -0.142. The number of carbonyl (C=O) groups excluding carboxylic acids is 2. The molecular formula is C21H17F3N2O3. The average molecular weight is 402 g/mol. The first-order chi connectivity index (χ1) is 13.7. The monoisotopic (exact) mass is 402 g/mol. The third kappa shape index (κ3) is 5.69. The number of anilines is 1. The van der Waals surface area contributed by atoms with Gasteiger partial charge in [0.2, 0.25) is 0 Å². The Morgan fingerprint density at radius 2 is 1.76 bits per heavy atom. The number of nitrogens with one attached hydrogen (secondary N) is 1. The van der Waals surface area contributed by atoms with E-state index in [9.17, 15) is 22.8 Å². The van der Waals surface area contributed by atoms with E-state index in [1.807, 2.05) is 31.3 Å². The Hall–Kier alpha value is -3.60. The summed E-state index contributed by atoms with van der Waals surface area (Å²) in [6, 6.07) is 10.3. The highest BCUT2D eigenvalue weighted by atomic mass is 19.2. The molecule has 1 N–H and O–H groups in total. The summed E-state index contributed by atoms with van der Waals surface area (Å²) in [5.74, 6) is -6.43. The van der Waals surface area contributed by atoms with Gasteiger partial charge < -0.3 is 10.1 Å². The number of carbonyl (C=O) groups is 2. The van der Waals surface area contributed by atoms with Gasteiger partial charge in [0.1, 0.15) is 11.6 Å². The van der Waals surface area contributed by atoms with E-state index < -0.39 is 41.6 Å². The van der Waals surface area contributed by atoms with E-state index in [1.54, 1.807) is 18.2 Å². The van der Waals surface area contributed by atoms with Gasteiger partial charge in [-0.3, -0.25) is 4.79 Å².